The largest absolute Gasteiger partial charge is 0.451 e. The van der Waals surface area contributed by atoms with E-state index >= 15 is 0 Å². The van der Waals surface area contributed by atoms with Gasteiger partial charge in [0.1, 0.15) is 5.03 Å². The minimum atomic E-state index is -4.60. The fourth-order valence-electron chi connectivity index (χ4n) is 1.91. The number of para-hydroxylation sites is 1. The van der Waals surface area contributed by atoms with Crippen LogP contribution in [0.25, 0.3) is 10.9 Å². The Hall–Kier alpha value is -2.16. The number of nitrogens with zero attached hydrogens (tertiary/aromatic N) is 4. The predicted molar refractivity (Wildman–Crippen MR) is 77.8 cm³/mol. The van der Waals surface area contributed by atoms with E-state index in [1.807, 2.05) is 6.92 Å². The van der Waals surface area contributed by atoms with E-state index < -0.39 is 12.0 Å². The summed E-state index contributed by atoms with van der Waals surface area (Å²) in [6, 6.07) is 6.57. The highest BCUT2D eigenvalue weighted by atomic mass is 32.2. The molecule has 3 rings (SSSR count). The lowest BCUT2D eigenvalue weighted by atomic mass is 10.2. The first-order valence-corrected chi connectivity index (χ1v) is 7.74. The van der Waals surface area contributed by atoms with Crippen molar-refractivity contribution in [2.45, 2.75) is 30.3 Å². The lowest BCUT2D eigenvalue weighted by molar-refractivity contribution is -0.145. The van der Waals surface area contributed by atoms with E-state index in [-0.39, 0.29) is 16.3 Å². The number of aromatic nitrogens is 4. The third-order valence-electron chi connectivity index (χ3n) is 2.98. The number of alkyl halides is 3. The Morgan fingerprint density at radius 3 is 2.61 bits per heavy atom. The second kappa shape index (κ2) is 6.15. The Morgan fingerprint density at radius 2 is 1.91 bits per heavy atom. The number of thioether (sulfide) groups is 1. The molecule has 0 saturated heterocycles. The van der Waals surface area contributed by atoms with Crippen molar-refractivity contribution in [3.05, 3.63) is 41.8 Å². The molecule has 0 unspecified atom stereocenters. The molecule has 2 aromatic heterocycles. The zero-order valence-electron chi connectivity index (χ0n) is 12.0. The lowest BCUT2D eigenvalue weighted by Crippen LogP contribution is -2.11. The normalized spacial score (nSPS) is 12.0. The van der Waals surface area contributed by atoms with E-state index in [9.17, 15) is 13.2 Å². The van der Waals surface area contributed by atoms with Crippen LogP contribution in [0.1, 0.15) is 24.5 Å². The second-order valence-electron chi connectivity index (χ2n) is 4.61. The highest BCUT2D eigenvalue weighted by molar-refractivity contribution is 7.98. The van der Waals surface area contributed by atoms with Gasteiger partial charge >= 0.3 is 6.18 Å². The Balaban J connectivity index is 1.94. The van der Waals surface area contributed by atoms with Crippen molar-refractivity contribution in [1.82, 2.24) is 20.1 Å². The van der Waals surface area contributed by atoms with Gasteiger partial charge in [0.25, 0.3) is 0 Å². The van der Waals surface area contributed by atoms with Gasteiger partial charge in [0.2, 0.25) is 11.7 Å². The minimum Gasteiger partial charge on any atom is -0.338 e. The maximum Gasteiger partial charge on any atom is 0.451 e. The van der Waals surface area contributed by atoms with E-state index in [1.165, 1.54) is 6.07 Å². The number of fused-ring (bicyclic) bond motifs is 1. The van der Waals surface area contributed by atoms with Crippen LogP contribution < -0.4 is 0 Å². The number of hydrogen-bond acceptors (Lipinski definition) is 6. The molecular weight excluding hydrogens is 329 g/mol. The molecule has 0 bridgehead atoms. The summed E-state index contributed by atoms with van der Waals surface area (Å²) >= 11 is 1.11. The highest BCUT2D eigenvalue weighted by Gasteiger charge is 2.35. The molecule has 1 aromatic carbocycles. The number of aryl methyl sites for hydroxylation is 1. The molecule has 0 aliphatic heterocycles. The molecule has 9 heteroatoms. The van der Waals surface area contributed by atoms with Crippen LogP contribution in [0, 0.1) is 0 Å². The van der Waals surface area contributed by atoms with Gasteiger partial charge in [-0.1, -0.05) is 42.0 Å². The maximum atomic E-state index is 12.9. The van der Waals surface area contributed by atoms with Crippen molar-refractivity contribution in [2.75, 3.05) is 0 Å². The van der Waals surface area contributed by atoms with E-state index in [2.05, 4.69) is 20.1 Å². The van der Waals surface area contributed by atoms with Crippen molar-refractivity contribution >= 4 is 22.7 Å². The fourth-order valence-corrected chi connectivity index (χ4v) is 2.76. The van der Waals surface area contributed by atoms with Gasteiger partial charge in [0.05, 0.1) is 11.3 Å². The predicted octanol–water partition coefficient (Wildman–Crippen LogP) is 3.89. The monoisotopic (exact) mass is 340 g/mol. The molecular formula is C14H11F3N4OS. The fraction of sp³-hybridized carbons (Fsp3) is 0.286. The third kappa shape index (κ3) is 3.44. The molecule has 23 heavy (non-hydrogen) atoms. The summed E-state index contributed by atoms with van der Waals surface area (Å²) in [5, 5.41) is 4.55. The van der Waals surface area contributed by atoms with Crippen molar-refractivity contribution in [2.24, 2.45) is 0 Å². The molecule has 0 aliphatic rings. The van der Waals surface area contributed by atoms with Crippen molar-refractivity contribution < 1.29 is 17.7 Å². The van der Waals surface area contributed by atoms with Crippen LogP contribution in [-0.2, 0) is 18.3 Å². The lowest BCUT2D eigenvalue weighted by Gasteiger charge is -2.09. The van der Waals surface area contributed by atoms with Crippen LogP contribution in [0.4, 0.5) is 13.2 Å². The van der Waals surface area contributed by atoms with Crippen LogP contribution in [0.2, 0.25) is 0 Å². The minimum absolute atomic E-state index is 0.235. The Morgan fingerprint density at radius 1 is 1.13 bits per heavy atom. The zero-order chi connectivity index (χ0) is 16.4. The van der Waals surface area contributed by atoms with Gasteiger partial charge in [-0.05, 0) is 6.07 Å². The first-order valence-electron chi connectivity index (χ1n) is 6.75. The van der Waals surface area contributed by atoms with E-state index in [0.717, 1.165) is 11.8 Å². The Kier molecular flexibility index (Phi) is 4.20. The van der Waals surface area contributed by atoms with Gasteiger partial charge in [0, 0.05) is 11.8 Å². The van der Waals surface area contributed by atoms with Crippen LogP contribution in [0.3, 0.4) is 0 Å². The van der Waals surface area contributed by atoms with Gasteiger partial charge in [-0.15, -0.1) is 0 Å². The molecule has 0 atom stereocenters. The molecule has 2 heterocycles. The molecule has 5 nitrogen and oxygen atoms in total. The highest BCUT2D eigenvalue weighted by Crippen LogP contribution is 2.32. The van der Waals surface area contributed by atoms with Crippen molar-refractivity contribution in [3.8, 4) is 0 Å². The van der Waals surface area contributed by atoms with Crippen LogP contribution in [0.5, 0.6) is 0 Å². The van der Waals surface area contributed by atoms with Crippen LogP contribution in [-0.4, -0.2) is 20.1 Å². The van der Waals surface area contributed by atoms with Crippen molar-refractivity contribution in [3.63, 3.8) is 0 Å². The number of hydrogen-bond donors (Lipinski definition) is 0. The van der Waals surface area contributed by atoms with E-state index in [4.69, 9.17) is 4.52 Å². The number of halogens is 3. The first-order chi connectivity index (χ1) is 11.0. The summed E-state index contributed by atoms with van der Waals surface area (Å²) in [6.45, 7) is 1.88. The van der Waals surface area contributed by atoms with Gasteiger partial charge in [-0.25, -0.2) is 9.97 Å². The van der Waals surface area contributed by atoms with Crippen molar-refractivity contribution in [1.29, 1.82) is 0 Å². The SMILES string of the molecule is CCc1noc(CSc2nc(C(F)(F)F)nc3ccccc23)n1. The van der Waals surface area contributed by atoms with Gasteiger partial charge in [0.15, 0.2) is 5.82 Å². The van der Waals surface area contributed by atoms with Crippen LogP contribution >= 0.6 is 11.8 Å². The maximum absolute atomic E-state index is 12.9. The van der Waals surface area contributed by atoms with E-state index in [0.29, 0.717) is 23.5 Å². The smallest absolute Gasteiger partial charge is 0.338 e. The summed E-state index contributed by atoms with van der Waals surface area (Å²) in [7, 11) is 0. The molecule has 0 radical (unpaired) electrons. The standard InChI is InChI=1S/C14H11F3N4OS/c1-2-10-19-11(22-21-10)7-23-12-8-5-3-4-6-9(8)18-13(20-12)14(15,16)17/h3-6H,2,7H2,1H3. The molecule has 0 aliphatic carbocycles. The molecule has 0 spiro atoms. The Labute approximate surface area is 133 Å². The summed E-state index contributed by atoms with van der Waals surface area (Å²) < 4.78 is 43.8. The van der Waals surface area contributed by atoms with Crippen LogP contribution in [0.15, 0.2) is 33.8 Å². The third-order valence-corrected chi connectivity index (χ3v) is 3.96. The molecule has 0 fully saturated rings. The molecule has 0 saturated carbocycles. The summed E-state index contributed by atoms with van der Waals surface area (Å²) in [5.74, 6) is -0.00334. The summed E-state index contributed by atoms with van der Waals surface area (Å²) in [6.07, 6.45) is -3.97. The van der Waals surface area contributed by atoms with Gasteiger partial charge in [-0.3, -0.25) is 0 Å². The summed E-state index contributed by atoms with van der Waals surface area (Å²) in [5.41, 5.74) is 0.247. The van der Waals surface area contributed by atoms with E-state index in [1.54, 1.807) is 18.2 Å². The van der Waals surface area contributed by atoms with Gasteiger partial charge < -0.3 is 4.52 Å². The molecule has 0 amide bonds. The number of rotatable bonds is 4. The summed E-state index contributed by atoms with van der Waals surface area (Å²) in [4.78, 5) is 11.4. The second-order valence-corrected chi connectivity index (χ2v) is 5.58. The van der Waals surface area contributed by atoms with Gasteiger partial charge in [-0.2, -0.15) is 18.2 Å². The number of benzene rings is 1. The molecule has 3 aromatic rings. The average Bonchev–Trinajstić information content (AvgIpc) is 2.99. The quantitative estimate of drug-likeness (QED) is 0.530. The zero-order valence-corrected chi connectivity index (χ0v) is 12.8. The molecule has 0 N–H and O–H groups in total. The topological polar surface area (TPSA) is 64.7 Å². The Bertz CT molecular complexity index is 834. The average molecular weight is 340 g/mol. The molecule has 120 valence electrons. The first kappa shape index (κ1) is 15.7.